The summed E-state index contributed by atoms with van der Waals surface area (Å²) in [5.74, 6) is 0.938. The molecule has 2 N–H and O–H groups in total. The maximum atomic E-state index is 6.13. The molecule has 0 fully saturated rings. The predicted octanol–water partition coefficient (Wildman–Crippen LogP) is 5.20. The smallest absolute Gasteiger partial charge is 0.171 e. The van der Waals surface area contributed by atoms with Crippen LogP contribution in [0.3, 0.4) is 0 Å². The zero-order chi connectivity index (χ0) is 18.2. The predicted molar refractivity (Wildman–Crippen MR) is 109 cm³/mol. The van der Waals surface area contributed by atoms with Crippen LogP contribution in [-0.4, -0.2) is 10.7 Å². The quantitative estimate of drug-likeness (QED) is 0.726. The van der Waals surface area contributed by atoms with Gasteiger partial charge in [0.05, 0.1) is 6.04 Å². The number of hydrogen-bond donors (Lipinski definition) is 2. The van der Waals surface area contributed by atoms with Crippen LogP contribution in [0.15, 0.2) is 36.4 Å². The fourth-order valence-electron chi connectivity index (χ4n) is 3.48. The third-order valence-corrected chi connectivity index (χ3v) is 4.63. The van der Waals surface area contributed by atoms with Gasteiger partial charge in [0.1, 0.15) is 11.4 Å². The summed E-state index contributed by atoms with van der Waals surface area (Å²) in [5, 5.41) is 7.45. The summed E-state index contributed by atoms with van der Waals surface area (Å²) in [4.78, 5) is 0. The normalized spacial score (nSPS) is 18.0. The van der Waals surface area contributed by atoms with E-state index < -0.39 is 0 Å². The number of anilines is 1. The zero-order valence-electron chi connectivity index (χ0n) is 15.6. The summed E-state index contributed by atoms with van der Waals surface area (Å²) in [5.41, 5.74) is 5.63. The third-order valence-electron chi connectivity index (χ3n) is 4.41. The monoisotopic (exact) mass is 354 g/mol. The molecule has 0 aliphatic carbocycles. The Labute approximate surface area is 155 Å². The van der Waals surface area contributed by atoms with Gasteiger partial charge in [0.2, 0.25) is 0 Å². The summed E-state index contributed by atoms with van der Waals surface area (Å²) < 4.78 is 6.13. The van der Waals surface area contributed by atoms with Gasteiger partial charge in [-0.2, -0.15) is 0 Å². The standard InChI is InChI=1S/C21H26N2OS/c1-13-6-7-19-17(11-13)18(12-21(4,5)24-19)23-20(25)22-16-9-14(2)8-15(3)10-16/h6-11,18H,12H2,1-5H3,(H2,22,23,25). The first-order valence-electron chi connectivity index (χ1n) is 8.67. The fourth-order valence-corrected chi connectivity index (χ4v) is 3.74. The van der Waals surface area contributed by atoms with Crippen LogP contribution in [0, 0.1) is 20.8 Å². The highest BCUT2D eigenvalue weighted by atomic mass is 32.1. The van der Waals surface area contributed by atoms with Gasteiger partial charge in [-0.15, -0.1) is 0 Å². The first-order chi connectivity index (χ1) is 11.7. The van der Waals surface area contributed by atoms with Crippen LogP contribution < -0.4 is 15.4 Å². The van der Waals surface area contributed by atoms with E-state index in [1.807, 2.05) is 0 Å². The Morgan fingerprint density at radius 1 is 1.04 bits per heavy atom. The number of benzene rings is 2. The molecule has 0 aromatic heterocycles. The Bertz CT molecular complexity index is 793. The second-order valence-corrected chi connectivity index (χ2v) is 8.04. The molecule has 1 unspecified atom stereocenters. The van der Waals surface area contributed by atoms with E-state index >= 15 is 0 Å². The van der Waals surface area contributed by atoms with E-state index in [4.69, 9.17) is 17.0 Å². The lowest BCUT2D eigenvalue weighted by atomic mass is 9.89. The van der Waals surface area contributed by atoms with Crippen LogP contribution in [0.1, 0.15) is 48.6 Å². The van der Waals surface area contributed by atoms with Crippen molar-refractivity contribution in [3.8, 4) is 5.75 Å². The summed E-state index contributed by atoms with van der Waals surface area (Å²) in [6.07, 6.45) is 0.859. The average Bonchev–Trinajstić information content (AvgIpc) is 2.46. The van der Waals surface area contributed by atoms with Crippen LogP contribution in [0.4, 0.5) is 5.69 Å². The van der Waals surface area contributed by atoms with Gasteiger partial charge in [0.25, 0.3) is 0 Å². The largest absolute Gasteiger partial charge is 0.487 e. The molecule has 0 saturated heterocycles. The van der Waals surface area contributed by atoms with Crippen molar-refractivity contribution in [2.24, 2.45) is 0 Å². The van der Waals surface area contributed by atoms with Crippen molar-refractivity contribution < 1.29 is 4.74 Å². The summed E-state index contributed by atoms with van der Waals surface area (Å²) in [6.45, 7) is 10.5. The number of ether oxygens (including phenoxy) is 1. The summed E-state index contributed by atoms with van der Waals surface area (Å²) in [7, 11) is 0. The fraction of sp³-hybridized carbons (Fsp3) is 0.381. The first-order valence-corrected chi connectivity index (χ1v) is 9.08. The van der Waals surface area contributed by atoms with Crippen LogP contribution in [-0.2, 0) is 0 Å². The zero-order valence-corrected chi connectivity index (χ0v) is 16.4. The highest BCUT2D eigenvalue weighted by Gasteiger charge is 2.34. The molecule has 3 rings (SSSR count). The number of aryl methyl sites for hydroxylation is 3. The number of rotatable bonds is 2. The molecule has 0 bridgehead atoms. The maximum Gasteiger partial charge on any atom is 0.171 e. The van der Waals surface area contributed by atoms with E-state index in [0.29, 0.717) is 5.11 Å². The van der Waals surface area contributed by atoms with Crippen LogP contribution in [0.2, 0.25) is 0 Å². The molecule has 0 amide bonds. The molecule has 0 spiro atoms. The SMILES string of the molecule is Cc1cc(C)cc(NC(=S)NC2CC(C)(C)Oc3ccc(C)cc32)c1. The molecular formula is C21H26N2OS. The lowest BCUT2D eigenvalue weighted by molar-refractivity contribution is 0.0696. The molecule has 1 atom stereocenters. The van der Waals surface area contributed by atoms with Gasteiger partial charge in [-0.1, -0.05) is 23.8 Å². The maximum absolute atomic E-state index is 6.13. The highest BCUT2D eigenvalue weighted by molar-refractivity contribution is 7.80. The van der Waals surface area contributed by atoms with Crippen molar-refractivity contribution in [1.29, 1.82) is 0 Å². The molecule has 4 heteroatoms. The molecule has 1 aliphatic rings. The molecule has 0 saturated carbocycles. The van der Waals surface area contributed by atoms with Gasteiger partial charge in [-0.05, 0) is 76.2 Å². The highest BCUT2D eigenvalue weighted by Crippen LogP contribution is 2.39. The molecule has 1 heterocycles. The van der Waals surface area contributed by atoms with Crippen molar-refractivity contribution >= 4 is 23.0 Å². The van der Waals surface area contributed by atoms with Crippen molar-refractivity contribution in [2.75, 3.05) is 5.32 Å². The molecule has 132 valence electrons. The van der Waals surface area contributed by atoms with E-state index in [9.17, 15) is 0 Å². The molecule has 0 radical (unpaired) electrons. The van der Waals surface area contributed by atoms with Crippen LogP contribution in [0.25, 0.3) is 0 Å². The molecule has 25 heavy (non-hydrogen) atoms. The second kappa shape index (κ2) is 6.68. The average molecular weight is 355 g/mol. The van der Waals surface area contributed by atoms with E-state index in [1.165, 1.54) is 22.3 Å². The minimum atomic E-state index is -0.227. The van der Waals surface area contributed by atoms with Crippen molar-refractivity contribution in [3.63, 3.8) is 0 Å². The Kier molecular flexibility index (Phi) is 4.74. The van der Waals surface area contributed by atoms with Gasteiger partial charge < -0.3 is 15.4 Å². The van der Waals surface area contributed by atoms with E-state index in [2.05, 4.69) is 81.7 Å². The Morgan fingerprint density at radius 3 is 2.40 bits per heavy atom. The van der Waals surface area contributed by atoms with Gasteiger partial charge >= 0.3 is 0 Å². The van der Waals surface area contributed by atoms with Crippen molar-refractivity contribution in [3.05, 3.63) is 58.7 Å². The summed E-state index contributed by atoms with van der Waals surface area (Å²) in [6, 6.07) is 12.8. The topological polar surface area (TPSA) is 33.3 Å². The van der Waals surface area contributed by atoms with Gasteiger partial charge in [-0.25, -0.2) is 0 Å². The van der Waals surface area contributed by atoms with Crippen molar-refractivity contribution in [1.82, 2.24) is 5.32 Å². The number of fused-ring (bicyclic) bond motifs is 1. The Balaban J connectivity index is 1.79. The lowest BCUT2D eigenvalue weighted by Gasteiger charge is -2.38. The van der Waals surface area contributed by atoms with Crippen LogP contribution in [0.5, 0.6) is 5.75 Å². The van der Waals surface area contributed by atoms with E-state index in [0.717, 1.165) is 17.9 Å². The van der Waals surface area contributed by atoms with Gasteiger partial charge in [0, 0.05) is 17.7 Å². The Hall–Kier alpha value is -2.07. The minimum absolute atomic E-state index is 0.129. The second-order valence-electron chi connectivity index (χ2n) is 7.63. The molecule has 2 aromatic rings. The van der Waals surface area contributed by atoms with Crippen LogP contribution >= 0.6 is 12.2 Å². The lowest BCUT2D eigenvalue weighted by Crippen LogP contribution is -2.42. The molecule has 1 aliphatic heterocycles. The summed E-state index contributed by atoms with van der Waals surface area (Å²) >= 11 is 5.58. The third kappa shape index (κ3) is 4.31. The van der Waals surface area contributed by atoms with E-state index in [-0.39, 0.29) is 11.6 Å². The molecule has 2 aromatic carbocycles. The van der Waals surface area contributed by atoms with E-state index in [1.54, 1.807) is 0 Å². The Morgan fingerprint density at radius 2 is 1.72 bits per heavy atom. The van der Waals surface area contributed by atoms with Gasteiger partial charge in [-0.3, -0.25) is 0 Å². The van der Waals surface area contributed by atoms with Crippen molar-refractivity contribution in [2.45, 2.75) is 52.7 Å². The molecule has 3 nitrogen and oxygen atoms in total. The number of nitrogens with one attached hydrogen (secondary N) is 2. The molecular weight excluding hydrogens is 328 g/mol. The van der Waals surface area contributed by atoms with Gasteiger partial charge in [0.15, 0.2) is 5.11 Å². The first kappa shape index (κ1) is 17.7. The number of thiocarbonyl (C=S) groups is 1. The number of hydrogen-bond acceptors (Lipinski definition) is 2. The minimum Gasteiger partial charge on any atom is -0.487 e.